The quantitative estimate of drug-likeness (QED) is 0.754. The van der Waals surface area contributed by atoms with Gasteiger partial charge in [-0.25, -0.2) is 14.4 Å². The van der Waals surface area contributed by atoms with Crippen molar-refractivity contribution in [3.8, 4) is 11.6 Å². The maximum Gasteiger partial charge on any atom is 0.222 e. The monoisotopic (exact) mass is 204 g/mol. The third-order valence-electron chi connectivity index (χ3n) is 1.80. The highest BCUT2D eigenvalue weighted by atomic mass is 19.1. The third-order valence-corrected chi connectivity index (χ3v) is 1.80. The van der Waals surface area contributed by atoms with Crippen LogP contribution in [0.4, 0.5) is 4.39 Å². The fourth-order valence-corrected chi connectivity index (χ4v) is 1.14. The summed E-state index contributed by atoms with van der Waals surface area (Å²) in [5, 5.41) is 0. The number of halogens is 1. The van der Waals surface area contributed by atoms with Gasteiger partial charge in [0.2, 0.25) is 5.88 Å². The van der Waals surface area contributed by atoms with Gasteiger partial charge in [0, 0.05) is 17.8 Å². The molecule has 0 fully saturated rings. The second kappa shape index (κ2) is 4.04. The summed E-state index contributed by atoms with van der Waals surface area (Å²) in [7, 11) is 0. The van der Waals surface area contributed by atoms with Crippen LogP contribution in [0, 0.1) is 12.7 Å². The van der Waals surface area contributed by atoms with Gasteiger partial charge in [-0.05, 0) is 19.1 Å². The molecule has 0 aliphatic heterocycles. The second-order valence-electron chi connectivity index (χ2n) is 3.06. The lowest BCUT2D eigenvalue weighted by Gasteiger charge is -2.04. The molecule has 0 unspecified atom stereocenters. The molecule has 0 spiro atoms. The Morgan fingerprint density at radius 3 is 2.80 bits per heavy atom. The number of rotatable bonds is 2. The van der Waals surface area contributed by atoms with Crippen molar-refractivity contribution in [2.45, 2.75) is 6.92 Å². The van der Waals surface area contributed by atoms with Gasteiger partial charge in [-0.1, -0.05) is 6.07 Å². The summed E-state index contributed by atoms with van der Waals surface area (Å²) in [6.45, 7) is 1.83. The van der Waals surface area contributed by atoms with Gasteiger partial charge >= 0.3 is 0 Å². The summed E-state index contributed by atoms with van der Waals surface area (Å²) >= 11 is 0. The number of nitrogens with zero attached hydrogens (tertiary/aromatic N) is 2. The van der Waals surface area contributed by atoms with Crippen molar-refractivity contribution < 1.29 is 9.13 Å². The van der Waals surface area contributed by atoms with E-state index in [0.717, 1.165) is 5.69 Å². The third kappa shape index (κ3) is 2.49. The number of aryl methyl sites for hydroxylation is 1. The summed E-state index contributed by atoms with van der Waals surface area (Å²) in [6.07, 6.45) is 1.41. The van der Waals surface area contributed by atoms with E-state index in [1.807, 2.05) is 6.92 Å². The van der Waals surface area contributed by atoms with Gasteiger partial charge in [-0.2, -0.15) is 0 Å². The molecule has 3 nitrogen and oxygen atoms in total. The summed E-state index contributed by atoms with van der Waals surface area (Å²) in [4.78, 5) is 7.84. The fraction of sp³-hybridized carbons (Fsp3) is 0.0909. The van der Waals surface area contributed by atoms with E-state index < -0.39 is 0 Å². The minimum Gasteiger partial charge on any atom is -0.439 e. The first-order valence-electron chi connectivity index (χ1n) is 4.46. The first-order chi connectivity index (χ1) is 7.24. The van der Waals surface area contributed by atoms with Crippen LogP contribution in [0.3, 0.4) is 0 Å². The molecule has 0 N–H and O–H groups in total. The number of ether oxygens (including phenoxy) is 1. The fourth-order valence-electron chi connectivity index (χ4n) is 1.14. The largest absolute Gasteiger partial charge is 0.439 e. The van der Waals surface area contributed by atoms with E-state index in [9.17, 15) is 4.39 Å². The van der Waals surface area contributed by atoms with Gasteiger partial charge in [0.25, 0.3) is 0 Å². The molecule has 0 atom stereocenters. The van der Waals surface area contributed by atoms with Gasteiger partial charge in [0.05, 0.1) is 0 Å². The van der Waals surface area contributed by atoms with Crippen LogP contribution in [-0.4, -0.2) is 9.97 Å². The average Bonchev–Trinajstić information content (AvgIpc) is 2.17. The molecular formula is C11H9FN2O. The highest BCUT2D eigenvalue weighted by molar-refractivity contribution is 5.27. The van der Waals surface area contributed by atoms with E-state index >= 15 is 0 Å². The standard InChI is InChI=1S/C11H9FN2O/c1-8-5-11(14-7-13-8)15-10-4-2-3-9(12)6-10/h2-7H,1H3. The summed E-state index contributed by atoms with van der Waals surface area (Å²) in [5.74, 6) is 0.500. The van der Waals surface area contributed by atoms with Crippen molar-refractivity contribution >= 4 is 0 Å². The van der Waals surface area contributed by atoms with Crippen LogP contribution >= 0.6 is 0 Å². The molecule has 0 bridgehead atoms. The van der Waals surface area contributed by atoms with Crippen molar-refractivity contribution in [3.05, 3.63) is 48.2 Å². The molecule has 0 aliphatic rings. The van der Waals surface area contributed by atoms with Crippen LogP contribution < -0.4 is 4.74 Å². The smallest absolute Gasteiger partial charge is 0.222 e. The van der Waals surface area contributed by atoms with Gasteiger partial charge in [-0.15, -0.1) is 0 Å². The lowest BCUT2D eigenvalue weighted by atomic mass is 10.3. The maximum atomic E-state index is 12.8. The van der Waals surface area contributed by atoms with Crippen LogP contribution in [0.1, 0.15) is 5.69 Å². The van der Waals surface area contributed by atoms with Crippen LogP contribution in [0.15, 0.2) is 36.7 Å². The Kier molecular flexibility index (Phi) is 2.58. The number of hydrogen-bond acceptors (Lipinski definition) is 3. The SMILES string of the molecule is Cc1cc(Oc2cccc(F)c2)ncn1. The zero-order chi connectivity index (χ0) is 10.7. The Hall–Kier alpha value is -1.97. The molecular weight excluding hydrogens is 195 g/mol. The van der Waals surface area contributed by atoms with Gasteiger partial charge in [0.15, 0.2) is 0 Å². The van der Waals surface area contributed by atoms with Crippen molar-refractivity contribution in [2.24, 2.45) is 0 Å². The van der Waals surface area contributed by atoms with Crippen LogP contribution in [0.25, 0.3) is 0 Å². The predicted molar refractivity (Wildman–Crippen MR) is 53.2 cm³/mol. The molecule has 0 amide bonds. The van der Waals surface area contributed by atoms with Crippen LogP contribution in [0.2, 0.25) is 0 Å². The zero-order valence-corrected chi connectivity index (χ0v) is 8.14. The Bertz CT molecular complexity index is 430. The van der Waals surface area contributed by atoms with Crippen molar-refractivity contribution in [1.82, 2.24) is 9.97 Å². The first-order valence-corrected chi connectivity index (χ1v) is 4.46. The lowest BCUT2D eigenvalue weighted by molar-refractivity contribution is 0.456. The van der Waals surface area contributed by atoms with Gasteiger partial charge < -0.3 is 4.74 Å². The molecule has 1 aromatic heterocycles. The number of aromatic nitrogens is 2. The summed E-state index contributed by atoms with van der Waals surface area (Å²) in [5.41, 5.74) is 0.802. The van der Waals surface area contributed by atoms with Gasteiger partial charge in [-0.3, -0.25) is 0 Å². The van der Waals surface area contributed by atoms with E-state index in [4.69, 9.17) is 4.74 Å². The maximum absolute atomic E-state index is 12.8. The molecule has 1 aromatic carbocycles. The molecule has 2 rings (SSSR count). The molecule has 4 heteroatoms. The highest BCUT2D eigenvalue weighted by Gasteiger charge is 2.00. The molecule has 0 aliphatic carbocycles. The van der Waals surface area contributed by atoms with Crippen LogP contribution in [-0.2, 0) is 0 Å². The Morgan fingerprint density at radius 1 is 1.20 bits per heavy atom. The van der Waals surface area contributed by atoms with Crippen LogP contribution in [0.5, 0.6) is 11.6 Å². The van der Waals surface area contributed by atoms with Crippen molar-refractivity contribution in [1.29, 1.82) is 0 Å². The number of benzene rings is 1. The topological polar surface area (TPSA) is 35.0 Å². The molecule has 76 valence electrons. The molecule has 1 heterocycles. The molecule has 2 aromatic rings. The average molecular weight is 204 g/mol. The van der Waals surface area contributed by atoms with E-state index in [-0.39, 0.29) is 5.82 Å². The molecule has 15 heavy (non-hydrogen) atoms. The minimum atomic E-state index is -0.335. The van der Waals surface area contributed by atoms with E-state index in [1.165, 1.54) is 18.5 Å². The normalized spacial score (nSPS) is 10.0. The van der Waals surface area contributed by atoms with E-state index in [2.05, 4.69) is 9.97 Å². The van der Waals surface area contributed by atoms with E-state index in [1.54, 1.807) is 18.2 Å². The summed E-state index contributed by atoms with van der Waals surface area (Å²) in [6, 6.07) is 7.60. The second-order valence-corrected chi connectivity index (χ2v) is 3.06. The Morgan fingerprint density at radius 2 is 2.07 bits per heavy atom. The van der Waals surface area contributed by atoms with Crippen molar-refractivity contribution in [2.75, 3.05) is 0 Å². The lowest BCUT2D eigenvalue weighted by Crippen LogP contribution is -1.90. The zero-order valence-electron chi connectivity index (χ0n) is 8.14. The Balaban J connectivity index is 2.22. The van der Waals surface area contributed by atoms with Crippen molar-refractivity contribution in [3.63, 3.8) is 0 Å². The molecule has 0 saturated carbocycles. The molecule has 0 saturated heterocycles. The Labute approximate surface area is 86.6 Å². The predicted octanol–water partition coefficient (Wildman–Crippen LogP) is 2.72. The van der Waals surface area contributed by atoms with E-state index in [0.29, 0.717) is 11.6 Å². The first kappa shape index (κ1) is 9.58. The minimum absolute atomic E-state index is 0.335. The molecule has 0 radical (unpaired) electrons. The summed E-state index contributed by atoms with van der Waals surface area (Å²) < 4.78 is 18.2. The highest BCUT2D eigenvalue weighted by Crippen LogP contribution is 2.19. The number of hydrogen-bond donors (Lipinski definition) is 0. The van der Waals surface area contributed by atoms with Gasteiger partial charge in [0.1, 0.15) is 17.9 Å².